The highest BCUT2D eigenvalue weighted by Crippen LogP contribution is 2.32. The number of benzene rings is 1. The van der Waals surface area contributed by atoms with E-state index in [-0.39, 0.29) is 5.91 Å². The molecule has 1 aliphatic carbocycles. The molecule has 0 saturated heterocycles. The van der Waals surface area contributed by atoms with Crippen LogP contribution in [0, 0.1) is 0 Å². The van der Waals surface area contributed by atoms with Crippen molar-refractivity contribution in [3.05, 3.63) is 76.8 Å². The maximum atomic E-state index is 13.0. The van der Waals surface area contributed by atoms with Gasteiger partial charge in [0, 0.05) is 21.7 Å². The Balaban J connectivity index is 1.94. The van der Waals surface area contributed by atoms with Crippen molar-refractivity contribution in [2.24, 2.45) is 0 Å². The zero-order valence-electron chi connectivity index (χ0n) is 15.4. The van der Waals surface area contributed by atoms with Crippen molar-refractivity contribution in [3.8, 4) is 10.4 Å². The Kier molecular flexibility index (Phi) is 5.98. The minimum Gasteiger partial charge on any atom is -0.501 e. The van der Waals surface area contributed by atoms with Gasteiger partial charge >= 0.3 is 0 Å². The van der Waals surface area contributed by atoms with E-state index >= 15 is 0 Å². The fraction of sp³-hybridized carbons (Fsp3) is 0.190. The van der Waals surface area contributed by atoms with Gasteiger partial charge in [-0.3, -0.25) is 4.79 Å². The van der Waals surface area contributed by atoms with E-state index in [1.807, 2.05) is 41.8 Å². The molecule has 0 radical (unpaired) electrons. The molecule has 6 heteroatoms. The van der Waals surface area contributed by atoms with E-state index in [4.69, 9.17) is 14.2 Å². The van der Waals surface area contributed by atoms with Crippen molar-refractivity contribution in [1.82, 2.24) is 0 Å². The molecule has 1 aliphatic rings. The van der Waals surface area contributed by atoms with E-state index in [0.29, 0.717) is 29.3 Å². The van der Waals surface area contributed by atoms with Gasteiger partial charge in [0.05, 0.1) is 27.8 Å². The van der Waals surface area contributed by atoms with Crippen LogP contribution in [0.15, 0.2) is 76.8 Å². The van der Waals surface area contributed by atoms with Crippen molar-refractivity contribution in [2.75, 3.05) is 26.6 Å². The first-order valence-electron chi connectivity index (χ1n) is 8.38. The molecule has 0 bridgehead atoms. The molecule has 2 aromatic rings. The summed E-state index contributed by atoms with van der Waals surface area (Å²) in [5.74, 6) is 1.47. The lowest BCUT2D eigenvalue weighted by atomic mass is 10.1. The quantitative estimate of drug-likeness (QED) is 0.784. The van der Waals surface area contributed by atoms with Gasteiger partial charge in [-0.1, -0.05) is 24.3 Å². The molecule has 1 N–H and O–H groups in total. The Morgan fingerprint density at radius 1 is 1.00 bits per heavy atom. The topological polar surface area (TPSA) is 56.8 Å². The van der Waals surface area contributed by atoms with Crippen LogP contribution in [-0.4, -0.2) is 27.2 Å². The number of hydrogen-bond donors (Lipinski definition) is 1. The molecule has 0 unspecified atom stereocenters. The highest BCUT2D eigenvalue weighted by molar-refractivity contribution is 7.13. The fourth-order valence-corrected chi connectivity index (χ4v) is 3.54. The maximum absolute atomic E-state index is 13.0. The zero-order chi connectivity index (χ0) is 19.2. The third-order valence-electron chi connectivity index (χ3n) is 4.17. The average molecular weight is 383 g/mol. The average Bonchev–Trinajstić information content (AvgIpc) is 3.16. The summed E-state index contributed by atoms with van der Waals surface area (Å²) in [6, 6.07) is 11.7. The molecule has 5 nitrogen and oxygen atoms in total. The molecule has 1 heterocycles. The standard InChI is InChI=1S/C21H21NO4S/c1-24-15-11-14(12-18(25-2)19(13-15)26-3)21(23)22-17-8-5-4-7-16(17)20-9-6-10-27-20/h4-12H,13H2,1-3H3,(H,22,23). The fourth-order valence-electron chi connectivity index (χ4n) is 2.77. The molecule has 0 fully saturated rings. The van der Waals surface area contributed by atoms with Crippen LogP contribution in [0.4, 0.5) is 5.69 Å². The second-order valence-electron chi connectivity index (χ2n) is 5.76. The van der Waals surface area contributed by atoms with E-state index < -0.39 is 0 Å². The summed E-state index contributed by atoms with van der Waals surface area (Å²) in [5.41, 5.74) is 2.15. The monoisotopic (exact) mass is 383 g/mol. The highest BCUT2D eigenvalue weighted by Gasteiger charge is 2.20. The van der Waals surface area contributed by atoms with Gasteiger partial charge in [-0.25, -0.2) is 0 Å². The van der Waals surface area contributed by atoms with Crippen LogP contribution >= 0.6 is 11.3 Å². The van der Waals surface area contributed by atoms with Crippen molar-refractivity contribution < 1.29 is 19.0 Å². The lowest BCUT2D eigenvalue weighted by Crippen LogP contribution is -2.14. The number of thiophene rings is 1. The van der Waals surface area contributed by atoms with Crippen LogP contribution in [0.5, 0.6) is 0 Å². The number of ether oxygens (including phenoxy) is 3. The highest BCUT2D eigenvalue weighted by atomic mass is 32.1. The number of nitrogens with one attached hydrogen (secondary N) is 1. The summed E-state index contributed by atoms with van der Waals surface area (Å²) < 4.78 is 16.2. The second kappa shape index (κ2) is 8.60. The van der Waals surface area contributed by atoms with Gasteiger partial charge in [-0.05, 0) is 29.7 Å². The Hall–Kier alpha value is -2.99. The molecule has 140 valence electrons. The molecular formula is C21H21NO4S. The van der Waals surface area contributed by atoms with Crippen LogP contribution in [0.3, 0.4) is 0 Å². The predicted molar refractivity (Wildman–Crippen MR) is 107 cm³/mol. The number of carbonyl (C=O) groups is 1. The SMILES string of the molecule is COC1=CC(C(=O)Nc2ccccc2-c2cccs2)=CC(OC)=C(OC)C1. The number of para-hydroxylation sites is 1. The number of allylic oxidation sites excluding steroid dienone is 1. The summed E-state index contributed by atoms with van der Waals surface area (Å²) in [6.45, 7) is 0. The van der Waals surface area contributed by atoms with E-state index in [2.05, 4.69) is 5.32 Å². The van der Waals surface area contributed by atoms with Crippen molar-refractivity contribution in [1.29, 1.82) is 0 Å². The van der Waals surface area contributed by atoms with Gasteiger partial charge in [-0.15, -0.1) is 11.3 Å². The lowest BCUT2D eigenvalue weighted by molar-refractivity contribution is -0.112. The molecule has 0 spiro atoms. The van der Waals surface area contributed by atoms with E-state index in [1.165, 1.54) is 0 Å². The Bertz CT molecular complexity index is 910. The third-order valence-corrected chi connectivity index (χ3v) is 5.07. The van der Waals surface area contributed by atoms with Crippen LogP contribution in [0.25, 0.3) is 10.4 Å². The van der Waals surface area contributed by atoms with Gasteiger partial charge < -0.3 is 19.5 Å². The van der Waals surface area contributed by atoms with Gasteiger partial charge in [0.2, 0.25) is 0 Å². The molecule has 0 saturated carbocycles. The smallest absolute Gasteiger partial charge is 0.255 e. The number of carbonyl (C=O) groups excluding carboxylic acids is 1. The Morgan fingerprint density at radius 2 is 1.81 bits per heavy atom. The van der Waals surface area contributed by atoms with E-state index in [9.17, 15) is 4.79 Å². The summed E-state index contributed by atoms with van der Waals surface area (Å²) in [5, 5.41) is 5.01. The van der Waals surface area contributed by atoms with Crippen LogP contribution in [0.2, 0.25) is 0 Å². The van der Waals surface area contributed by atoms with Crippen molar-refractivity contribution in [2.45, 2.75) is 6.42 Å². The third kappa shape index (κ3) is 4.23. The first kappa shape index (κ1) is 18.8. The second-order valence-corrected chi connectivity index (χ2v) is 6.71. The van der Waals surface area contributed by atoms with Crippen LogP contribution in [0.1, 0.15) is 6.42 Å². The lowest BCUT2D eigenvalue weighted by Gasteiger charge is -2.11. The first-order chi connectivity index (χ1) is 13.2. The van der Waals surface area contributed by atoms with Crippen LogP contribution in [-0.2, 0) is 19.0 Å². The minimum absolute atomic E-state index is 0.250. The molecular weight excluding hydrogens is 362 g/mol. The minimum atomic E-state index is -0.250. The summed E-state index contributed by atoms with van der Waals surface area (Å²) in [6.07, 6.45) is 3.78. The molecule has 1 amide bonds. The number of methoxy groups -OCH3 is 3. The molecule has 0 atom stereocenters. The zero-order valence-corrected chi connectivity index (χ0v) is 16.3. The van der Waals surface area contributed by atoms with Gasteiger partial charge in [0.1, 0.15) is 11.5 Å². The molecule has 1 aromatic heterocycles. The van der Waals surface area contributed by atoms with Gasteiger partial charge in [0.25, 0.3) is 5.91 Å². The molecule has 27 heavy (non-hydrogen) atoms. The first-order valence-corrected chi connectivity index (χ1v) is 9.26. The molecule has 3 rings (SSSR count). The Labute approximate surface area is 162 Å². The van der Waals surface area contributed by atoms with Crippen molar-refractivity contribution in [3.63, 3.8) is 0 Å². The van der Waals surface area contributed by atoms with Crippen LogP contribution < -0.4 is 5.32 Å². The summed E-state index contributed by atoms with van der Waals surface area (Å²) >= 11 is 1.63. The van der Waals surface area contributed by atoms with Gasteiger partial charge in [0.15, 0.2) is 5.76 Å². The summed E-state index contributed by atoms with van der Waals surface area (Å²) in [7, 11) is 4.68. The van der Waals surface area contributed by atoms with Crippen molar-refractivity contribution >= 4 is 22.9 Å². The number of rotatable bonds is 6. The van der Waals surface area contributed by atoms with E-state index in [1.54, 1.807) is 44.8 Å². The number of hydrogen-bond acceptors (Lipinski definition) is 5. The predicted octanol–water partition coefficient (Wildman–Crippen LogP) is 4.72. The normalized spacial score (nSPS) is 14.0. The van der Waals surface area contributed by atoms with E-state index in [0.717, 1.165) is 16.1 Å². The Morgan fingerprint density at radius 3 is 2.48 bits per heavy atom. The number of amides is 1. The molecule has 0 aliphatic heterocycles. The van der Waals surface area contributed by atoms with Gasteiger partial charge in [-0.2, -0.15) is 0 Å². The number of anilines is 1. The molecule has 1 aromatic carbocycles. The largest absolute Gasteiger partial charge is 0.501 e. The summed E-state index contributed by atoms with van der Waals surface area (Å²) in [4.78, 5) is 14.1. The maximum Gasteiger partial charge on any atom is 0.255 e.